The van der Waals surface area contributed by atoms with Crippen molar-refractivity contribution in [3.8, 4) is 0 Å². The van der Waals surface area contributed by atoms with E-state index in [-0.39, 0.29) is 17.7 Å². The number of nitrogens with zero attached hydrogens (tertiary/aromatic N) is 2. The first-order valence-electron chi connectivity index (χ1n) is 9.57. The maximum atomic E-state index is 11.6. The summed E-state index contributed by atoms with van der Waals surface area (Å²) in [6.45, 7) is 2.19. The highest BCUT2D eigenvalue weighted by Crippen LogP contribution is 2.68. The van der Waals surface area contributed by atoms with Gasteiger partial charge in [0.05, 0.1) is 12.1 Å². The smallest absolute Gasteiger partial charge is 0.111 e. The molecule has 5 heterocycles. The summed E-state index contributed by atoms with van der Waals surface area (Å²) >= 11 is 0. The number of benzene rings is 1. The lowest BCUT2D eigenvalue weighted by atomic mass is 9.62. The zero-order valence-electron chi connectivity index (χ0n) is 14.3. The number of hydrogen-bond donors (Lipinski definition) is 2. The number of likely N-dealkylation sites (N-methyl/N-ethyl adjacent to an activating group) is 1. The second kappa shape index (κ2) is 4.17. The van der Waals surface area contributed by atoms with E-state index in [0.717, 1.165) is 19.3 Å². The molecule has 1 spiro atoms. The van der Waals surface area contributed by atoms with Gasteiger partial charge in [-0.1, -0.05) is 25.1 Å². The number of fused-ring (bicyclic) bond motifs is 2. The first-order chi connectivity index (χ1) is 11.6. The van der Waals surface area contributed by atoms with E-state index in [0.29, 0.717) is 35.9 Å². The Labute approximate surface area is 143 Å². The van der Waals surface area contributed by atoms with Crippen LogP contribution in [0.25, 0.3) is 0 Å². The van der Waals surface area contributed by atoms with Crippen LogP contribution in [0.4, 0.5) is 5.69 Å². The third-order valence-electron chi connectivity index (χ3n) is 8.46. The molecule has 4 nitrogen and oxygen atoms in total. The number of aliphatic hydroxyl groups is 2. The molecule has 1 saturated carbocycles. The van der Waals surface area contributed by atoms with Crippen LogP contribution in [0, 0.1) is 17.8 Å². The molecule has 7 rings (SSSR count). The second-order valence-electron chi connectivity index (χ2n) is 8.81. The maximum Gasteiger partial charge on any atom is 0.111 e. The molecule has 6 aliphatic rings. The SMILES string of the molecule is CC[C@@H]1[C@@H]2C[C@H]3[C@@H]4N(C)c5ccccc5C45C[C@@H](C2[C@H]5O)N3[C@H]1O. The van der Waals surface area contributed by atoms with Crippen LogP contribution in [0.3, 0.4) is 0 Å². The van der Waals surface area contributed by atoms with Crippen molar-refractivity contribution in [1.82, 2.24) is 4.90 Å². The van der Waals surface area contributed by atoms with E-state index in [1.165, 1.54) is 11.3 Å². The topological polar surface area (TPSA) is 46.9 Å². The van der Waals surface area contributed by atoms with Gasteiger partial charge >= 0.3 is 0 Å². The fourth-order valence-corrected chi connectivity index (χ4v) is 7.88. The number of piperidine rings is 4. The number of para-hydroxylation sites is 1. The molecule has 128 valence electrons. The summed E-state index contributed by atoms with van der Waals surface area (Å²) in [7, 11) is 2.19. The fourth-order valence-electron chi connectivity index (χ4n) is 7.88. The quantitative estimate of drug-likeness (QED) is 0.822. The largest absolute Gasteiger partial charge is 0.392 e. The monoisotopic (exact) mass is 326 g/mol. The molecule has 0 aromatic heterocycles. The van der Waals surface area contributed by atoms with Crippen molar-refractivity contribution in [2.75, 3.05) is 11.9 Å². The van der Waals surface area contributed by atoms with Gasteiger partial charge < -0.3 is 15.1 Å². The Bertz CT molecular complexity index is 723. The molecular formula is C20H26N2O2. The van der Waals surface area contributed by atoms with E-state index >= 15 is 0 Å². The molecule has 2 N–H and O–H groups in total. The van der Waals surface area contributed by atoms with E-state index in [1.54, 1.807) is 0 Å². The Morgan fingerprint density at radius 3 is 2.79 bits per heavy atom. The van der Waals surface area contributed by atoms with Gasteiger partial charge in [-0.2, -0.15) is 0 Å². The second-order valence-corrected chi connectivity index (χ2v) is 8.81. The summed E-state index contributed by atoms with van der Waals surface area (Å²) in [6.07, 6.45) is 2.56. The van der Waals surface area contributed by atoms with Gasteiger partial charge in [0.25, 0.3) is 0 Å². The summed E-state index contributed by atoms with van der Waals surface area (Å²) in [5.41, 5.74) is 2.51. The van der Waals surface area contributed by atoms with Gasteiger partial charge in [0.2, 0.25) is 0 Å². The molecule has 4 heteroatoms. The average molecular weight is 326 g/mol. The zero-order valence-corrected chi connectivity index (χ0v) is 14.3. The van der Waals surface area contributed by atoms with Crippen molar-refractivity contribution in [1.29, 1.82) is 0 Å². The predicted octanol–water partition coefficient (Wildman–Crippen LogP) is 1.55. The molecule has 0 radical (unpaired) electrons. The standard InChI is InChI=1S/C20H26N2O2/c1-3-10-11-8-14-17-20(12-6-4-5-7-13(12)21(17)2)9-15(16(11)18(20)23)22(14)19(10)24/h4-7,10-11,14-19,23-24H,3,8-9H2,1-2H3/t10-,11+,14+,15+,16?,17+,18-,19+,20?/m1/s1. The van der Waals surface area contributed by atoms with E-state index in [4.69, 9.17) is 0 Å². The van der Waals surface area contributed by atoms with Gasteiger partial charge in [-0.15, -0.1) is 0 Å². The van der Waals surface area contributed by atoms with E-state index in [1.807, 2.05) is 0 Å². The number of aliphatic hydroxyl groups excluding tert-OH is 2. The molecule has 5 aliphatic heterocycles. The van der Waals surface area contributed by atoms with Crippen molar-refractivity contribution < 1.29 is 10.2 Å². The third-order valence-corrected chi connectivity index (χ3v) is 8.46. The van der Waals surface area contributed by atoms with E-state index in [9.17, 15) is 10.2 Å². The molecule has 1 aliphatic carbocycles. The predicted molar refractivity (Wildman–Crippen MR) is 91.7 cm³/mol. The summed E-state index contributed by atoms with van der Waals surface area (Å²) in [5, 5.41) is 22.6. The van der Waals surface area contributed by atoms with E-state index < -0.39 is 0 Å². The lowest BCUT2D eigenvalue weighted by Gasteiger charge is -2.62. The lowest BCUT2D eigenvalue weighted by molar-refractivity contribution is -0.211. The van der Waals surface area contributed by atoms with Gasteiger partial charge in [-0.25, -0.2) is 0 Å². The van der Waals surface area contributed by atoms with Crippen molar-refractivity contribution >= 4 is 5.69 Å². The molecule has 1 aromatic carbocycles. The fraction of sp³-hybridized carbons (Fsp3) is 0.700. The zero-order chi connectivity index (χ0) is 16.4. The summed E-state index contributed by atoms with van der Waals surface area (Å²) in [4.78, 5) is 4.83. The van der Waals surface area contributed by atoms with Crippen LogP contribution in [0.2, 0.25) is 0 Å². The van der Waals surface area contributed by atoms with Crippen molar-refractivity contribution in [3.05, 3.63) is 29.8 Å². The number of rotatable bonds is 1. The van der Waals surface area contributed by atoms with Crippen molar-refractivity contribution in [2.45, 2.75) is 62.1 Å². The molecule has 4 saturated heterocycles. The third kappa shape index (κ3) is 1.20. The first kappa shape index (κ1) is 14.1. The minimum absolute atomic E-state index is 0.126. The van der Waals surface area contributed by atoms with Crippen molar-refractivity contribution in [2.24, 2.45) is 17.8 Å². The van der Waals surface area contributed by atoms with Gasteiger partial charge in [-0.3, -0.25) is 4.90 Å². The normalized spacial score (nSPS) is 55.8. The number of anilines is 1. The molecule has 10 atom stereocenters. The van der Waals surface area contributed by atoms with Crippen LogP contribution in [-0.4, -0.2) is 52.6 Å². The minimum Gasteiger partial charge on any atom is -0.392 e. The van der Waals surface area contributed by atoms with E-state index in [2.05, 4.69) is 48.0 Å². The van der Waals surface area contributed by atoms with Crippen LogP contribution in [0.15, 0.2) is 24.3 Å². The molecule has 3 unspecified atom stereocenters. The Morgan fingerprint density at radius 2 is 2.00 bits per heavy atom. The molecule has 5 fully saturated rings. The minimum atomic E-state index is -0.319. The lowest BCUT2D eigenvalue weighted by Crippen LogP contribution is -2.72. The van der Waals surface area contributed by atoms with Crippen molar-refractivity contribution in [3.63, 3.8) is 0 Å². The maximum absolute atomic E-state index is 11.6. The molecular weight excluding hydrogens is 300 g/mol. The first-order valence-corrected chi connectivity index (χ1v) is 9.57. The van der Waals surface area contributed by atoms with Crippen LogP contribution >= 0.6 is 0 Å². The molecule has 0 amide bonds. The van der Waals surface area contributed by atoms with Crippen LogP contribution < -0.4 is 4.90 Å². The highest BCUT2D eigenvalue weighted by molar-refractivity contribution is 5.67. The average Bonchev–Trinajstić information content (AvgIpc) is 2.97. The summed E-state index contributed by atoms with van der Waals surface area (Å²) < 4.78 is 0. The van der Waals surface area contributed by atoms with Gasteiger partial charge in [0.15, 0.2) is 0 Å². The molecule has 1 aromatic rings. The van der Waals surface area contributed by atoms with Gasteiger partial charge in [-0.05, 0) is 36.8 Å². The summed E-state index contributed by atoms with van der Waals surface area (Å²) in [6, 6.07) is 9.70. The van der Waals surface area contributed by atoms with Gasteiger partial charge in [0, 0.05) is 42.1 Å². The van der Waals surface area contributed by atoms with Crippen LogP contribution in [0.5, 0.6) is 0 Å². The van der Waals surface area contributed by atoms with Gasteiger partial charge in [0.1, 0.15) is 6.23 Å². The Kier molecular flexibility index (Phi) is 2.45. The summed E-state index contributed by atoms with van der Waals surface area (Å²) in [5.74, 6) is 1.14. The molecule has 24 heavy (non-hydrogen) atoms. The highest BCUT2D eigenvalue weighted by Gasteiger charge is 2.76. The van der Waals surface area contributed by atoms with Crippen LogP contribution in [0.1, 0.15) is 31.7 Å². The Balaban J connectivity index is 1.60. The van der Waals surface area contributed by atoms with Crippen LogP contribution in [-0.2, 0) is 5.41 Å². The molecule has 5 bridgehead atoms. The number of hydrogen-bond acceptors (Lipinski definition) is 4. The highest BCUT2D eigenvalue weighted by atomic mass is 16.3. The Hall–Kier alpha value is -1.10. The Morgan fingerprint density at radius 1 is 1.21 bits per heavy atom.